The Balaban J connectivity index is 1.84. The maximum Gasteiger partial charge on any atom is 0.223 e. The van der Waals surface area contributed by atoms with Gasteiger partial charge in [-0.25, -0.2) is 0 Å². The lowest BCUT2D eigenvalue weighted by atomic mass is 10.0. The van der Waals surface area contributed by atoms with Crippen molar-refractivity contribution < 1.29 is 4.79 Å². The van der Waals surface area contributed by atoms with Gasteiger partial charge >= 0.3 is 0 Å². The van der Waals surface area contributed by atoms with Crippen molar-refractivity contribution in [2.75, 3.05) is 0 Å². The van der Waals surface area contributed by atoms with Crippen LogP contribution >= 0.6 is 0 Å². The van der Waals surface area contributed by atoms with Crippen molar-refractivity contribution in [1.29, 1.82) is 0 Å². The van der Waals surface area contributed by atoms with Crippen LogP contribution in [0.25, 0.3) is 0 Å². The van der Waals surface area contributed by atoms with Crippen LogP contribution in [-0.2, 0) is 4.79 Å². The fourth-order valence-corrected chi connectivity index (χ4v) is 3.00. The van der Waals surface area contributed by atoms with Gasteiger partial charge in [-0.3, -0.25) is 4.79 Å². The van der Waals surface area contributed by atoms with Gasteiger partial charge in [0.25, 0.3) is 0 Å². The Morgan fingerprint density at radius 1 is 0.938 bits per heavy atom. The number of nitrogens with one attached hydrogen (secondary N) is 1. The van der Waals surface area contributed by atoms with Gasteiger partial charge in [-0.15, -0.1) is 0 Å². The molecule has 0 saturated heterocycles. The average molecular weight is 224 g/mol. The van der Waals surface area contributed by atoms with E-state index in [9.17, 15) is 4.79 Å². The van der Waals surface area contributed by atoms with Gasteiger partial charge in [-0.1, -0.05) is 32.1 Å². The molecule has 2 saturated carbocycles. The minimum atomic E-state index is 0.174. The number of carbonyl (C=O) groups excluding carboxylic acids is 1. The predicted octanol–water partition coefficient (Wildman–Crippen LogP) is 1.95. The first-order valence-electron chi connectivity index (χ1n) is 6.83. The van der Waals surface area contributed by atoms with Crippen molar-refractivity contribution in [3.8, 4) is 0 Å². The number of hydrogen-bond acceptors (Lipinski definition) is 2. The second-order valence-corrected chi connectivity index (χ2v) is 5.40. The molecular weight excluding hydrogens is 200 g/mol. The molecule has 3 nitrogen and oxygen atoms in total. The summed E-state index contributed by atoms with van der Waals surface area (Å²) in [5.74, 6) is 0.537. The molecule has 2 fully saturated rings. The number of carbonyl (C=O) groups is 1. The van der Waals surface area contributed by atoms with Crippen LogP contribution in [0.3, 0.4) is 0 Å². The van der Waals surface area contributed by atoms with Gasteiger partial charge in [-0.05, 0) is 25.7 Å². The second-order valence-electron chi connectivity index (χ2n) is 5.40. The molecule has 0 aliphatic heterocycles. The highest BCUT2D eigenvalue weighted by atomic mass is 16.1. The second kappa shape index (κ2) is 5.67. The van der Waals surface area contributed by atoms with Crippen LogP contribution in [0.2, 0.25) is 0 Å². The smallest absolute Gasteiger partial charge is 0.223 e. The summed E-state index contributed by atoms with van der Waals surface area (Å²) >= 11 is 0. The minimum Gasteiger partial charge on any atom is -0.352 e. The number of amides is 1. The fraction of sp³-hybridized carbons (Fsp3) is 0.923. The largest absolute Gasteiger partial charge is 0.352 e. The predicted molar refractivity (Wildman–Crippen MR) is 64.9 cm³/mol. The molecular formula is C13H24N2O. The quantitative estimate of drug-likeness (QED) is 0.704. The molecule has 2 rings (SSSR count). The Labute approximate surface area is 98.2 Å². The zero-order valence-electron chi connectivity index (χ0n) is 10.1. The van der Waals surface area contributed by atoms with Gasteiger partial charge in [0.2, 0.25) is 5.91 Å². The Kier molecular flexibility index (Phi) is 4.22. The Morgan fingerprint density at radius 2 is 1.56 bits per heavy atom. The van der Waals surface area contributed by atoms with Crippen molar-refractivity contribution in [1.82, 2.24) is 5.32 Å². The zero-order valence-corrected chi connectivity index (χ0v) is 10.1. The van der Waals surface area contributed by atoms with E-state index in [0.717, 1.165) is 25.7 Å². The summed E-state index contributed by atoms with van der Waals surface area (Å²) in [7, 11) is 0. The van der Waals surface area contributed by atoms with Crippen molar-refractivity contribution in [2.24, 2.45) is 11.7 Å². The molecule has 0 heterocycles. The highest BCUT2D eigenvalue weighted by Crippen LogP contribution is 2.25. The lowest BCUT2D eigenvalue weighted by Crippen LogP contribution is -2.48. The maximum atomic E-state index is 12.0. The number of rotatable bonds is 2. The van der Waals surface area contributed by atoms with E-state index in [1.807, 2.05) is 0 Å². The van der Waals surface area contributed by atoms with Crippen molar-refractivity contribution in [3.63, 3.8) is 0 Å². The molecule has 0 spiro atoms. The molecule has 1 amide bonds. The molecule has 0 aromatic heterocycles. The third-order valence-electron chi connectivity index (χ3n) is 4.12. The molecule has 3 N–H and O–H groups in total. The third kappa shape index (κ3) is 2.97. The molecule has 2 aliphatic rings. The molecule has 0 aromatic carbocycles. The fourth-order valence-electron chi connectivity index (χ4n) is 3.00. The summed E-state index contributed by atoms with van der Waals surface area (Å²) in [6, 6.07) is 0.406. The SMILES string of the molecule is NC1CCCCCC1NC(=O)C1CCCC1. The molecule has 0 radical (unpaired) electrons. The molecule has 3 heteroatoms. The Morgan fingerprint density at radius 3 is 2.31 bits per heavy atom. The molecule has 2 unspecified atom stereocenters. The van der Waals surface area contributed by atoms with E-state index in [1.54, 1.807) is 0 Å². The van der Waals surface area contributed by atoms with Gasteiger partial charge in [0.05, 0.1) is 0 Å². The standard InChI is InChI=1S/C13H24N2O/c14-11-8-2-1-3-9-12(11)15-13(16)10-6-4-5-7-10/h10-12H,1-9,14H2,(H,15,16). The summed E-state index contributed by atoms with van der Waals surface area (Å²) in [5, 5.41) is 3.19. The highest BCUT2D eigenvalue weighted by molar-refractivity contribution is 5.79. The summed E-state index contributed by atoms with van der Waals surface area (Å²) in [4.78, 5) is 12.0. The van der Waals surface area contributed by atoms with Crippen molar-refractivity contribution >= 4 is 5.91 Å². The molecule has 16 heavy (non-hydrogen) atoms. The van der Waals surface area contributed by atoms with Crippen LogP contribution in [-0.4, -0.2) is 18.0 Å². The minimum absolute atomic E-state index is 0.174. The van der Waals surface area contributed by atoms with E-state index in [0.29, 0.717) is 0 Å². The van der Waals surface area contributed by atoms with E-state index in [1.165, 1.54) is 32.1 Å². The lowest BCUT2D eigenvalue weighted by Gasteiger charge is -2.24. The van der Waals surface area contributed by atoms with Gasteiger partial charge in [0.15, 0.2) is 0 Å². The van der Waals surface area contributed by atoms with Gasteiger partial charge in [-0.2, -0.15) is 0 Å². The van der Waals surface area contributed by atoms with Crippen molar-refractivity contribution in [2.45, 2.75) is 69.9 Å². The summed E-state index contributed by atoms with van der Waals surface area (Å²) in [6.07, 6.45) is 10.4. The molecule has 2 aliphatic carbocycles. The molecule has 0 bridgehead atoms. The Bertz CT molecular complexity index is 236. The first kappa shape index (κ1) is 11.9. The van der Waals surface area contributed by atoms with E-state index >= 15 is 0 Å². The van der Waals surface area contributed by atoms with E-state index in [2.05, 4.69) is 5.32 Å². The summed E-state index contributed by atoms with van der Waals surface area (Å²) in [5.41, 5.74) is 6.11. The topological polar surface area (TPSA) is 55.1 Å². The zero-order chi connectivity index (χ0) is 11.4. The molecule has 92 valence electrons. The van der Waals surface area contributed by atoms with E-state index in [4.69, 9.17) is 5.73 Å². The highest BCUT2D eigenvalue weighted by Gasteiger charge is 2.27. The van der Waals surface area contributed by atoms with Crippen LogP contribution in [0.5, 0.6) is 0 Å². The molecule has 2 atom stereocenters. The number of hydrogen-bond donors (Lipinski definition) is 2. The van der Waals surface area contributed by atoms with Gasteiger partial charge in [0.1, 0.15) is 0 Å². The molecule has 0 aromatic rings. The van der Waals surface area contributed by atoms with E-state index < -0.39 is 0 Å². The first-order chi connectivity index (χ1) is 7.77. The van der Waals surface area contributed by atoms with Gasteiger partial charge in [0, 0.05) is 18.0 Å². The van der Waals surface area contributed by atoms with E-state index in [-0.39, 0.29) is 23.9 Å². The Hall–Kier alpha value is -0.570. The third-order valence-corrected chi connectivity index (χ3v) is 4.12. The van der Waals surface area contributed by atoms with Gasteiger partial charge < -0.3 is 11.1 Å². The average Bonchev–Trinajstić information content (AvgIpc) is 2.73. The van der Waals surface area contributed by atoms with Crippen LogP contribution in [0, 0.1) is 5.92 Å². The van der Waals surface area contributed by atoms with Crippen molar-refractivity contribution in [3.05, 3.63) is 0 Å². The normalized spacial score (nSPS) is 32.3. The summed E-state index contributed by atoms with van der Waals surface area (Å²) < 4.78 is 0. The van der Waals surface area contributed by atoms with Crippen LogP contribution in [0.4, 0.5) is 0 Å². The lowest BCUT2D eigenvalue weighted by molar-refractivity contribution is -0.125. The van der Waals surface area contributed by atoms with Crippen LogP contribution in [0.15, 0.2) is 0 Å². The summed E-state index contributed by atoms with van der Waals surface area (Å²) in [6.45, 7) is 0. The first-order valence-corrected chi connectivity index (χ1v) is 6.83. The number of nitrogens with two attached hydrogens (primary N) is 1. The van der Waals surface area contributed by atoms with Crippen LogP contribution < -0.4 is 11.1 Å². The monoisotopic (exact) mass is 224 g/mol. The van der Waals surface area contributed by atoms with Crippen LogP contribution in [0.1, 0.15) is 57.8 Å². The maximum absolute atomic E-state index is 12.0.